The van der Waals surface area contributed by atoms with Crippen LogP contribution in [0, 0.1) is 5.92 Å². The molecule has 1 aromatic carbocycles. The second kappa shape index (κ2) is 7.04. The normalized spacial score (nSPS) is 17.8. The van der Waals surface area contributed by atoms with Crippen molar-refractivity contribution in [1.82, 2.24) is 10.6 Å². The minimum absolute atomic E-state index is 0.0523. The third-order valence-electron chi connectivity index (χ3n) is 3.48. The number of esters is 1. The highest BCUT2D eigenvalue weighted by atomic mass is 79.9. The van der Waals surface area contributed by atoms with E-state index in [9.17, 15) is 14.7 Å². The highest BCUT2D eigenvalue weighted by Gasteiger charge is 2.34. The number of amides is 2. The molecule has 1 unspecified atom stereocenters. The maximum atomic E-state index is 12.4. The van der Waals surface area contributed by atoms with E-state index in [-0.39, 0.29) is 24.3 Å². The summed E-state index contributed by atoms with van der Waals surface area (Å²) in [5.74, 6) is -0.443. The first-order valence-electron chi connectivity index (χ1n) is 7.32. The maximum absolute atomic E-state index is 12.4. The fraction of sp³-hybridized carbons (Fsp3) is 0.375. The number of aromatic hydroxyl groups is 1. The molecule has 0 spiro atoms. The summed E-state index contributed by atoms with van der Waals surface area (Å²) in [6.07, 6.45) is 0. The summed E-state index contributed by atoms with van der Waals surface area (Å²) in [7, 11) is 0. The van der Waals surface area contributed by atoms with E-state index in [2.05, 4.69) is 26.6 Å². The van der Waals surface area contributed by atoms with Gasteiger partial charge in [-0.15, -0.1) is 0 Å². The van der Waals surface area contributed by atoms with E-state index in [0.717, 1.165) is 0 Å². The number of nitrogens with one attached hydrogen (secondary N) is 2. The van der Waals surface area contributed by atoms with Gasteiger partial charge in [-0.2, -0.15) is 0 Å². The Hall–Kier alpha value is -2.02. The molecule has 0 aromatic heterocycles. The number of ether oxygens (including phenoxy) is 1. The van der Waals surface area contributed by atoms with Crippen LogP contribution in [0.3, 0.4) is 0 Å². The van der Waals surface area contributed by atoms with Gasteiger partial charge in [-0.25, -0.2) is 9.59 Å². The third kappa shape index (κ3) is 3.67. The standard InChI is InChI=1S/C16H19BrN2O4/c1-4-23-15(21)12-13(8(2)3)18-16(22)19-14(12)9-5-6-11(20)10(17)7-9/h5-8,14,20H,4H2,1-3H3,(H2,18,19,22). The maximum Gasteiger partial charge on any atom is 0.338 e. The van der Waals surface area contributed by atoms with Crippen LogP contribution in [0.1, 0.15) is 32.4 Å². The molecule has 0 fully saturated rings. The molecular formula is C16H19BrN2O4. The Bertz CT molecular complexity index is 670. The molecule has 1 atom stereocenters. The fourth-order valence-corrected chi connectivity index (χ4v) is 2.83. The molecule has 7 heteroatoms. The van der Waals surface area contributed by atoms with Crippen molar-refractivity contribution < 1.29 is 19.4 Å². The van der Waals surface area contributed by atoms with Crippen LogP contribution < -0.4 is 10.6 Å². The lowest BCUT2D eigenvalue weighted by Crippen LogP contribution is -2.47. The molecule has 1 heterocycles. The molecule has 0 radical (unpaired) electrons. The zero-order chi connectivity index (χ0) is 17.1. The molecule has 1 aliphatic heterocycles. The summed E-state index contributed by atoms with van der Waals surface area (Å²) in [6, 6.07) is 3.81. The van der Waals surface area contributed by atoms with E-state index < -0.39 is 12.0 Å². The van der Waals surface area contributed by atoms with Gasteiger partial charge in [0.05, 0.1) is 22.7 Å². The van der Waals surface area contributed by atoms with Crippen LogP contribution in [0.4, 0.5) is 4.79 Å². The van der Waals surface area contributed by atoms with Gasteiger partial charge in [-0.05, 0) is 46.5 Å². The van der Waals surface area contributed by atoms with Crippen LogP contribution in [0.5, 0.6) is 5.75 Å². The van der Waals surface area contributed by atoms with E-state index in [1.54, 1.807) is 19.1 Å². The smallest absolute Gasteiger partial charge is 0.338 e. The van der Waals surface area contributed by atoms with Crippen molar-refractivity contribution in [1.29, 1.82) is 0 Å². The summed E-state index contributed by atoms with van der Waals surface area (Å²) in [5.41, 5.74) is 1.59. The molecule has 2 rings (SSSR count). The van der Waals surface area contributed by atoms with E-state index in [1.165, 1.54) is 6.07 Å². The lowest BCUT2D eigenvalue weighted by atomic mass is 9.91. The Kier molecular flexibility index (Phi) is 5.30. The number of rotatable bonds is 4. The summed E-state index contributed by atoms with van der Waals surface area (Å²) in [5, 5.41) is 15.1. The zero-order valence-electron chi connectivity index (χ0n) is 13.1. The zero-order valence-corrected chi connectivity index (χ0v) is 14.7. The number of carbonyl (C=O) groups excluding carboxylic acids is 2. The molecule has 0 saturated heterocycles. The summed E-state index contributed by atoms with van der Waals surface area (Å²) in [6.45, 7) is 5.76. The number of phenols is 1. The van der Waals surface area contributed by atoms with Crippen molar-refractivity contribution >= 4 is 27.9 Å². The van der Waals surface area contributed by atoms with E-state index in [4.69, 9.17) is 4.74 Å². The minimum Gasteiger partial charge on any atom is -0.507 e. The second-order valence-corrected chi connectivity index (χ2v) is 6.30. The van der Waals surface area contributed by atoms with E-state index in [1.807, 2.05) is 13.8 Å². The predicted molar refractivity (Wildman–Crippen MR) is 88.7 cm³/mol. The Morgan fingerprint density at radius 1 is 1.43 bits per heavy atom. The Balaban J connectivity index is 2.56. The van der Waals surface area contributed by atoms with Crippen LogP contribution in [0.25, 0.3) is 0 Å². The van der Waals surface area contributed by atoms with Gasteiger partial charge in [0.2, 0.25) is 0 Å². The lowest BCUT2D eigenvalue weighted by Gasteiger charge is -2.31. The van der Waals surface area contributed by atoms with Crippen molar-refractivity contribution in [3.63, 3.8) is 0 Å². The first kappa shape index (κ1) is 17.3. The van der Waals surface area contributed by atoms with Crippen molar-refractivity contribution in [3.8, 4) is 5.75 Å². The number of hydrogen-bond acceptors (Lipinski definition) is 4. The largest absolute Gasteiger partial charge is 0.507 e. The third-order valence-corrected chi connectivity index (χ3v) is 4.12. The molecule has 3 N–H and O–H groups in total. The summed E-state index contributed by atoms with van der Waals surface area (Å²) < 4.78 is 5.64. The molecule has 23 heavy (non-hydrogen) atoms. The average Bonchev–Trinajstić information content (AvgIpc) is 2.49. The van der Waals surface area contributed by atoms with Gasteiger partial charge in [0.25, 0.3) is 0 Å². The van der Waals surface area contributed by atoms with Gasteiger partial charge < -0.3 is 20.5 Å². The van der Waals surface area contributed by atoms with E-state index in [0.29, 0.717) is 21.3 Å². The molecule has 1 aliphatic rings. The van der Waals surface area contributed by atoms with Crippen LogP contribution >= 0.6 is 15.9 Å². The SMILES string of the molecule is CCOC(=O)C1=C(C(C)C)NC(=O)NC1c1ccc(O)c(Br)c1. The van der Waals surface area contributed by atoms with Crippen LogP contribution in [0.2, 0.25) is 0 Å². The predicted octanol–water partition coefficient (Wildman–Crippen LogP) is 2.98. The molecule has 124 valence electrons. The van der Waals surface area contributed by atoms with Gasteiger partial charge >= 0.3 is 12.0 Å². The number of halogens is 1. The van der Waals surface area contributed by atoms with Gasteiger partial charge in [0.1, 0.15) is 5.75 Å². The molecule has 6 nitrogen and oxygen atoms in total. The number of phenolic OH excluding ortho intramolecular Hbond substituents is 1. The Labute approximate surface area is 143 Å². The van der Waals surface area contributed by atoms with E-state index >= 15 is 0 Å². The van der Waals surface area contributed by atoms with Gasteiger partial charge in [-0.1, -0.05) is 19.9 Å². The minimum atomic E-state index is -0.642. The van der Waals surface area contributed by atoms with Crippen molar-refractivity contribution in [3.05, 3.63) is 39.5 Å². The lowest BCUT2D eigenvalue weighted by molar-refractivity contribution is -0.139. The first-order valence-corrected chi connectivity index (χ1v) is 8.11. The Morgan fingerprint density at radius 2 is 2.13 bits per heavy atom. The molecule has 2 amide bonds. The fourth-order valence-electron chi connectivity index (χ4n) is 2.43. The second-order valence-electron chi connectivity index (χ2n) is 5.44. The molecule has 0 saturated carbocycles. The van der Waals surface area contributed by atoms with Gasteiger partial charge in [0, 0.05) is 5.70 Å². The molecule has 1 aromatic rings. The van der Waals surface area contributed by atoms with Gasteiger partial charge in [0.15, 0.2) is 0 Å². The van der Waals surface area contributed by atoms with Crippen molar-refractivity contribution in [2.24, 2.45) is 5.92 Å². The van der Waals surface area contributed by atoms with Crippen LogP contribution in [-0.4, -0.2) is 23.7 Å². The first-order chi connectivity index (χ1) is 10.8. The number of benzene rings is 1. The number of carbonyl (C=O) groups is 2. The monoisotopic (exact) mass is 382 g/mol. The van der Waals surface area contributed by atoms with Gasteiger partial charge in [-0.3, -0.25) is 0 Å². The quantitative estimate of drug-likeness (QED) is 0.698. The topological polar surface area (TPSA) is 87.7 Å². The van der Waals surface area contributed by atoms with Crippen molar-refractivity contribution in [2.75, 3.05) is 6.61 Å². The number of hydrogen-bond donors (Lipinski definition) is 3. The highest BCUT2D eigenvalue weighted by Crippen LogP contribution is 2.34. The van der Waals surface area contributed by atoms with Crippen LogP contribution in [-0.2, 0) is 9.53 Å². The summed E-state index contributed by atoms with van der Waals surface area (Å²) in [4.78, 5) is 24.4. The van der Waals surface area contributed by atoms with Crippen LogP contribution in [0.15, 0.2) is 33.9 Å². The van der Waals surface area contributed by atoms with Crippen molar-refractivity contribution in [2.45, 2.75) is 26.8 Å². The number of urea groups is 1. The summed E-state index contributed by atoms with van der Waals surface area (Å²) >= 11 is 3.25. The average molecular weight is 383 g/mol. The number of allylic oxidation sites excluding steroid dienone is 1. The molecule has 0 bridgehead atoms. The molecule has 0 aliphatic carbocycles. The Morgan fingerprint density at radius 3 is 2.70 bits per heavy atom. The molecular weight excluding hydrogens is 364 g/mol. The highest BCUT2D eigenvalue weighted by molar-refractivity contribution is 9.10.